The average molecular weight is 553 g/mol. The van der Waals surface area contributed by atoms with Crippen molar-refractivity contribution in [2.45, 2.75) is 151 Å². The second-order valence-corrected chi connectivity index (χ2v) is 16.1. The number of nitrogens with zero attached hydrogens (tertiary/aromatic N) is 1. The van der Waals surface area contributed by atoms with Gasteiger partial charge in [0.05, 0.1) is 0 Å². The molecule has 0 aliphatic heterocycles. The Kier molecular flexibility index (Phi) is 19.1. The van der Waals surface area contributed by atoms with E-state index >= 15 is 0 Å². The van der Waals surface area contributed by atoms with Crippen LogP contribution in [-0.2, 0) is 20.7 Å². The van der Waals surface area contributed by atoms with Gasteiger partial charge in [-0.15, -0.1) is 0 Å². The van der Waals surface area contributed by atoms with Gasteiger partial charge in [-0.1, -0.05) is 0 Å². The van der Waals surface area contributed by atoms with Crippen LogP contribution in [0.4, 0.5) is 0 Å². The summed E-state index contributed by atoms with van der Waals surface area (Å²) in [5.41, 5.74) is 7.49. The fraction of sp³-hybridized carbons (Fsp3) is 0.857. The molecule has 1 nitrogen and oxygen atoms in total. The van der Waals surface area contributed by atoms with Gasteiger partial charge < -0.3 is 24.8 Å². The number of halogens is 2. The summed E-state index contributed by atoms with van der Waals surface area (Å²) >= 11 is 2.58. The van der Waals surface area contributed by atoms with Gasteiger partial charge in [0.25, 0.3) is 0 Å². The molecule has 0 aromatic carbocycles. The normalized spacial score (nSPS) is 18.4. The molecule has 1 aliphatic carbocycles. The summed E-state index contributed by atoms with van der Waals surface area (Å²) in [5.74, 6) is 0.644. The van der Waals surface area contributed by atoms with Crippen molar-refractivity contribution in [1.29, 1.82) is 0 Å². The van der Waals surface area contributed by atoms with Crippen molar-refractivity contribution in [3.63, 3.8) is 0 Å². The molecule has 0 fully saturated rings. The molecular weight excluding hydrogens is 497 g/mol. The average Bonchev–Trinajstić information content (AvgIpc) is 2.97. The van der Waals surface area contributed by atoms with E-state index in [-0.39, 0.29) is 30.4 Å². The fourth-order valence-corrected chi connectivity index (χ4v) is 8.86. The number of unbranched alkanes of at least 4 members (excludes halogenated alkanes) is 8. The molecule has 0 radical (unpaired) electrons. The first-order chi connectivity index (χ1) is 14.6. The van der Waals surface area contributed by atoms with Crippen LogP contribution in [-0.4, -0.2) is 17.1 Å². The first kappa shape index (κ1) is 36.1. The molecule has 0 aromatic rings. The molecular formula is C28H55Cl2NSiTi-. The van der Waals surface area contributed by atoms with Gasteiger partial charge in [0.2, 0.25) is 0 Å². The van der Waals surface area contributed by atoms with Gasteiger partial charge >= 0.3 is 211 Å². The molecule has 2 atom stereocenters. The van der Waals surface area contributed by atoms with Gasteiger partial charge in [0.1, 0.15) is 0 Å². The van der Waals surface area contributed by atoms with Crippen LogP contribution < -0.4 is 24.8 Å². The molecule has 0 heterocycles. The van der Waals surface area contributed by atoms with E-state index in [0.29, 0.717) is 5.92 Å². The monoisotopic (exact) mass is 551 g/mol. The van der Waals surface area contributed by atoms with Crippen molar-refractivity contribution in [1.82, 2.24) is 0 Å². The van der Waals surface area contributed by atoms with Crippen LogP contribution >= 0.6 is 0 Å². The molecule has 2 unspecified atom stereocenters. The predicted molar refractivity (Wildman–Crippen MR) is 139 cm³/mol. The Morgan fingerprint density at radius 1 is 0.758 bits per heavy atom. The number of hydrogen-bond donors (Lipinski definition) is 0. The number of allylic oxidation sites excluding steroid dienone is 3. The van der Waals surface area contributed by atoms with Crippen molar-refractivity contribution in [3.8, 4) is 0 Å². The zero-order valence-corrected chi connectivity index (χ0v) is 27.8. The molecule has 0 aromatic heterocycles. The summed E-state index contributed by atoms with van der Waals surface area (Å²) in [6, 6.07) is 0. The summed E-state index contributed by atoms with van der Waals surface area (Å²) in [7, 11) is -0.956. The Balaban J connectivity index is 0. The van der Waals surface area contributed by atoms with Gasteiger partial charge in [0.15, 0.2) is 0 Å². The van der Waals surface area contributed by atoms with Crippen LogP contribution in [0.1, 0.15) is 132 Å². The largest absolute Gasteiger partial charge is 1.00 e. The predicted octanol–water partition coefficient (Wildman–Crippen LogP) is 3.39. The minimum atomic E-state index is -0.956. The van der Waals surface area contributed by atoms with E-state index in [4.69, 9.17) is 0 Å². The second kappa shape index (κ2) is 17.4. The summed E-state index contributed by atoms with van der Waals surface area (Å²) in [6.45, 7) is 22.2. The summed E-state index contributed by atoms with van der Waals surface area (Å²) in [5, 5.41) is 0. The van der Waals surface area contributed by atoms with Crippen molar-refractivity contribution in [2.75, 3.05) is 0 Å². The second-order valence-electron chi connectivity index (χ2n) is 11.3. The maximum absolute atomic E-state index is 2.58. The van der Waals surface area contributed by atoms with E-state index < -0.39 is 8.96 Å². The minimum Gasteiger partial charge on any atom is -1.00 e. The van der Waals surface area contributed by atoms with E-state index in [1.807, 2.05) is 11.3 Å². The first-order valence-corrected chi connectivity index (χ1v) is 17.2. The van der Waals surface area contributed by atoms with E-state index in [1.54, 1.807) is 11.1 Å². The summed E-state index contributed by atoms with van der Waals surface area (Å²) in [4.78, 5) is 0. The smallest absolute Gasteiger partial charge is 1.00 e. The van der Waals surface area contributed by atoms with E-state index in [2.05, 4.69) is 82.3 Å². The molecule has 1 rings (SSSR count). The van der Waals surface area contributed by atoms with Crippen LogP contribution in [0, 0.1) is 5.92 Å². The SMILES string of the molecule is CCCCCCCCC1=C(CCCCCC)C(CC)=C([N+]([Ti])([SiH](C)C)C(C)(C)C)C1C.[Cl-].[Cl-]. The van der Waals surface area contributed by atoms with Gasteiger partial charge in [-0.3, -0.25) is 0 Å². The Labute approximate surface area is 234 Å². The molecule has 0 saturated carbocycles. The van der Waals surface area contributed by atoms with Crippen molar-refractivity contribution >= 4 is 8.96 Å². The third-order valence-electron chi connectivity index (χ3n) is 7.64. The molecule has 0 N–H and O–H groups in total. The van der Waals surface area contributed by atoms with Gasteiger partial charge in [-0.05, 0) is 0 Å². The Morgan fingerprint density at radius 3 is 1.67 bits per heavy atom. The number of hydrogen-bond acceptors (Lipinski definition) is 0. The van der Waals surface area contributed by atoms with Crippen LogP contribution in [0.2, 0.25) is 13.1 Å². The molecule has 1 aliphatic rings. The molecule has 0 saturated heterocycles. The summed E-state index contributed by atoms with van der Waals surface area (Å²) < 4.78 is 1.22. The third-order valence-corrected chi connectivity index (χ3v) is 14.1. The standard InChI is InChI=1S/C28H55NSi.2ClH.Ti/c1-10-13-15-17-18-20-21-25-23(4)27(29(30(8)9)28(5,6)7)24(12-3)26(25)22-19-16-14-11-2;;;/h23,30H,10-22H2,1-9H3;2*1H;/q;;;+1/p-2. The van der Waals surface area contributed by atoms with Crippen LogP contribution in [0.5, 0.6) is 0 Å². The van der Waals surface area contributed by atoms with Gasteiger partial charge in [-0.2, -0.15) is 0 Å². The Bertz CT molecular complexity index is 610. The topological polar surface area (TPSA) is 0 Å². The minimum absolute atomic E-state index is 0. The third kappa shape index (κ3) is 9.40. The van der Waals surface area contributed by atoms with Crippen molar-refractivity contribution < 1.29 is 48.1 Å². The van der Waals surface area contributed by atoms with Crippen molar-refractivity contribution in [3.05, 3.63) is 22.4 Å². The first-order valence-electron chi connectivity index (χ1n) is 13.7. The molecule has 195 valence electrons. The Morgan fingerprint density at radius 2 is 1.21 bits per heavy atom. The van der Waals surface area contributed by atoms with E-state index in [1.165, 1.54) is 86.1 Å². The molecule has 0 spiro atoms. The zero-order chi connectivity index (χ0) is 23.7. The van der Waals surface area contributed by atoms with E-state index in [9.17, 15) is 0 Å². The maximum Gasteiger partial charge on any atom is -1.00 e. The fourth-order valence-electron chi connectivity index (χ4n) is 5.87. The maximum atomic E-state index is 2.58. The zero-order valence-electron chi connectivity index (χ0n) is 23.6. The molecule has 0 amide bonds. The van der Waals surface area contributed by atoms with Crippen LogP contribution in [0.15, 0.2) is 22.4 Å². The summed E-state index contributed by atoms with van der Waals surface area (Å²) in [6.07, 6.45) is 17.8. The Hall–Kier alpha value is 0.951. The van der Waals surface area contributed by atoms with E-state index in [0.717, 1.165) is 0 Å². The molecule has 33 heavy (non-hydrogen) atoms. The van der Waals surface area contributed by atoms with Crippen molar-refractivity contribution in [2.24, 2.45) is 5.92 Å². The number of rotatable bonds is 15. The molecule has 0 bridgehead atoms. The molecule has 5 heteroatoms. The van der Waals surface area contributed by atoms with Crippen LogP contribution in [0.3, 0.4) is 0 Å². The number of quaternary nitrogens is 1. The van der Waals surface area contributed by atoms with Gasteiger partial charge in [-0.25, -0.2) is 0 Å². The van der Waals surface area contributed by atoms with Gasteiger partial charge in [0, 0.05) is 0 Å². The quantitative estimate of drug-likeness (QED) is 0.216. The van der Waals surface area contributed by atoms with Crippen LogP contribution in [0.25, 0.3) is 0 Å².